The van der Waals surface area contributed by atoms with Crippen molar-refractivity contribution < 1.29 is 23.8 Å². The van der Waals surface area contributed by atoms with E-state index in [0.717, 1.165) is 56.0 Å². The molecule has 7 heteroatoms. The van der Waals surface area contributed by atoms with Crippen LogP contribution in [0.15, 0.2) is 42.5 Å². The van der Waals surface area contributed by atoms with Gasteiger partial charge in [0.15, 0.2) is 11.5 Å². The van der Waals surface area contributed by atoms with Gasteiger partial charge in [0.1, 0.15) is 5.75 Å². The molecule has 0 saturated carbocycles. The van der Waals surface area contributed by atoms with Gasteiger partial charge < -0.3 is 14.2 Å². The molecule has 2 saturated heterocycles. The number of ether oxygens (including phenoxy) is 3. The number of hydrogen-bond donors (Lipinski definition) is 0. The first-order chi connectivity index (χ1) is 16.5. The molecule has 1 atom stereocenters. The zero-order chi connectivity index (χ0) is 24.1. The third-order valence-electron chi connectivity index (χ3n) is 6.91. The average molecular weight is 467 g/mol. The van der Waals surface area contributed by atoms with Crippen LogP contribution in [0, 0.1) is 5.92 Å². The van der Waals surface area contributed by atoms with Gasteiger partial charge in [-0.3, -0.25) is 14.5 Å². The zero-order valence-electron chi connectivity index (χ0n) is 20.3. The number of anilines is 1. The number of carbonyl (C=O) groups is 2. The minimum Gasteiger partial charge on any atom is -0.494 e. The number of methoxy groups -OCH3 is 2. The molecular weight excluding hydrogens is 432 g/mol. The van der Waals surface area contributed by atoms with Crippen LogP contribution >= 0.6 is 0 Å². The minimum absolute atomic E-state index is 0.113. The molecule has 2 heterocycles. The lowest BCUT2D eigenvalue weighted by Gasteiger charge is -2.34. The summed E-state index contributed by atoms with van der Waals surface area (Å²) in [6, 6.07) is 12.9. The fraction of sp³-hybridized carbons (Fsp3) is 0.481. The maximum Gasteiger partial charge on any atom is 0.251 e. The Morgan fingerprint density at radius 2 is 1.65 bits per heavy atom. The van der Waals surface area contributed by atoms with Crippen LogP contribution < -0.4 is 19.1 Å². The molecule has 0 bridgehead atoms. The van der Waals surface area contributed by atoms with E-state index in [1.54, 1.807) is 38.5 Å². The number of rotatable bonds is 9. The molecule has 0 spiro atoms. The molecule has 0 radical (unpaired) electrons. The van der Waals surface area contributed by atoms with Crippen molar-refractivity contribution in [1.82, 2.24) is 4.90 Å². The fourth-order valence-corrected chi connectivity index (χ4v) is 4.99. The number of imide groups is 1. The number of aryl methyl sites for hydroxylation is 1. The molecule has 0 N–H and O–H groups in total. The Bertz CT molecular complexity index is 999. The number of benzene rings is 2. The van der Waals surface area contributed by atoms with Crippen LogP contribution in [0.25, 0.3) is 0 Å². The molecule has 2 aromatic rings. The summed E-state index contributed by atoms with van der Waals surface area (Å²) < 4.78 is 16.2. The summed E-state index contributed by atoms with van der Waals surface area (Å²) in [6.07, 6.45) is 4.40. The SMILES string of the molecule is CCOc1ccc(N2C(=O)C[C@@H](N3CCC(CCc4ccc(OC)c(OC)c4)CC3)C2=O)cc1. The van der Waals surface area contributed by atoms with Gasteiger partial charge >= 0.3 is 0 Å². The minimum atomic E-state index is -0.356. The van der Waals surface area contributed by atoms with E-state index < -0.39 is 0 Å². The molecule has 2 amide bonds. The maximum absolute atomic E-state index is 13.1. The van der Waals surface area contributed by atoms with Crippen LogP contribution in [0.5, 0.6) is 17.2 Å². The molecule has 2 aromatic carbocycles. The molecule has 2 aliphatic heterocycles. The number of amides is 2. The normalized spacial score (nSPS) is 19.5. The Morgan fingerprint density at radius 3 is 2.29 bits per heavy atom. The van der Waals surface area contributed by atoms with Crippen LogP contribution in [0.2, 0.25) is 0 Å². The van der Waals surface area contributed by atoms with E-state index in [4.69, 9.17) is 14.2 Å². The molecule has 2 aliphatic rings. The van der Waals surface area contributed by atoms with Crippen LogP contribution in [0.1, 0.15) is 38.2 Å². The van der Waals surface area contributed by atoms with E-state index in [1.165, 1.54) is 10.5 Å². The Labute approximate surface area is 201 Å². The van der Waals surface area contributed by atoms with Crippen LogP contribution in [0.3, 0.4) is 0 Å². The highest BCUT2D eigenvalue weighted by Crippen LogP contribution is 2.32. The van der Waals surface area contributed by atoms with Gasteiger partial charge in [-0.1, -0.05) is 6.07 Å². The van der Waals surface area contributed by atoms with Crippen molar-refractivity contribution in [2.75, 3.05) is 38.8 Å². The van der Waals surface area contributed by atoms with Crippen LogP contribution in [0.4, 0.5) is 5.69 Å². The molecule has 0 aliphatic carbocycles. The summed E-state index contributed by atoms with van der Waals surface area (Å²) in [4.78, 5) is 29.4. The number of likely N-dealkylation sites (tertiary alicyclic amines) is 1. The molecule has 4 rings (SSSR count). The molecule has 0 unspecified atom stereocenters. The Kier molecular flexibility index (Phi) is 7.73. The highest BCUT2D eigenvalue weighted by Gasteiger charge is 2.43. The number of carbonyl (C=O) groups excluding carboxylic acids is 2. The van der Waals surface area contributed by atoms with Gasteiger partial charge in [0.25, 0.3) is 5.91 Å². The van der Waals surface area contributed by atoms with E-state index in [-0.39, 0.29) is 24.3 Å². The third-order valence-corrected chi connectivity index (χ3v) is 6.91. The van der Waals surface area contributed by atoms with Gasteiger partial charge in [-0.2, -0.15) is 0 Å². The lowest BCUT2D eigenvalue weighted by atomic mass is 9.89. The van der Waals surface area contributed by atoms with Gasteiger partial charge in [0.05, 0.1) is 39.0 Å². The van der Waals surface area contributed by atoms with E-state index in [2.05, 4.69) is 11.0 Å². The van der Waals surface area contributed by atoms with Gasteiger partial charge in [-0.15, -0.1) is 0 Å². The predicted octanol–water partition coefficient (Wildman–Crippen LogP) is 4.08. The standard InChI is InChI=1S/C27H34N2O5/c1-4-34-22-10-8-21(9-11-22)29-26(30)18-23(27(29)31)28-15-13-19(14-16-28)5-6-20-7-12-24(32-2)25(17-20)33-3/h7-12,17,19,23H,4-6,13-16,18H2,1-3H3/t23-/m1/s1. The van der Waals surface area contributed by atoms with Crippen molar-refractivity contribution in [3.63, 3.8) is 0 Å². The van der Waals surface area contributed by atoms with Crippen molar-refractivity contribution in [2.24, 2.45) is 5.92 Å². The van der Waals surface area contributed by atoms with Crippen molar-refractivity contribution in [3.05, 3.63) is 48.0 Å². The molecule has 0 aromatic heterocycles. The summed E-state index contributed by atoms with van der Waals surface area (Å²) in [5, 5.41) is 0. The number of piperidine rings is 1. The molecule has 34 heavy (non-hydrogen) atoms. The monoisotopic (exact) mass is 466 g/mol. The Morgan fingerprint density at radius 1 is 0.941 bits per heavy atom. The fourth-order valence-electron chi connectivity index (χ4n) is 4.99. The van der Waals surface area contributed by atoms with E-state index in [0.29, 0.717) is 18.2 Å². The van der Waals surface area contributed by atoms with Crippen molar-refractivity contribution in [1.29, 1.82) is 0 Å². The van der Waals surface area contributed by atoms with Gasteiger partial charge in [-0.05, 0) is 93.6 Å². The highest BCUT2D eigenvalue weighted by atomic mass is 16.5. The largest absolute Gasteiger partial charge is 0.494 e. The van der Waals surface area contributed by atoms with E-state index >= 15 is 0 Å². The second kappa shape index (κ2) is 10.9. The summed E-state index contributed by atoms with van der Waals surface area (Å²) in [6.45, 7) is 4.19. The van der Waals surface area contributed by atoms with E-state index in [9.17, 15) is 9.59 Å². The first-order valence-corrected chi connectivity index (χ1v) is 12.1. The van der Waals surface area contributed by atoms with E-state index in [1.807, 2.05) is 19.1 Å². The summed E-state index contributed by atoms with van der Waals surface area (Å²) in [5.41, 5.74) is 1.86. The lowest BCUT2D eigenvalue weighted by molar-refractivity contribution is -0.123. The number of hydrogen-bond acceptors (Lipinski definition) is 6. The molecule has 2 fully saturated rings. The van der Waals surface area contributed by atoms with Crippen LogP contribution in [-0.2, 0) is 16.0 Å². The second-order valence-electron chi connectivity index (χ2n) is 8.92. The topological polar surface area (TPSA) is 68.3 Å². The first kappa shape index (κ1) is 24.1. The van der Waals surface area contributed by atoms with Crippen LogP contribution in [-0.4, -0.2) is 56.7 Å². The van der Waals surface area contributed by atoms with Gasteiger partial charge in [0.2, 0.25) is 5.91 Å². The van der Waals surface area contributed by atoms with Crippen molar-refractivity contribution >= 4 is 17.5 Å². The van der Waals surface area contributed by atoms with Gasteiger partial charge in [0, 0.05) is 0 Å². The molecule has 182 valence electrons. The number of nitrogens with zero attached hydrogens (tertiary/aromatic N) is 2. The van der Waals surface area contributed by atoms with Gasteiger partial charge in [-0.25, -0.2) is 4.90 Å². The summed E-state index contributed by atoms with van der Waals surface area (Å²) >= 11 is 0. The maximum atomic E-state index is 13.1. The third kappa shape index (κ3) is 5.20. The molecular formula is C27H34N2O5. The lowest BCUT2D eigenvalue weighted by Crippen LogP contribution is -2.46. The Balaban J connectivity index is 1.30. The second-order valence-corrected chi connectivity index (χ2v) is 8.92. The van der Waals surface area contributed by atoms with Crippen molar-refractivity contribution in [2.45, 2.75) is 45.1 Å². The molecule has 7 nitrogen and oxygen atoms in total. The van der Waals surface area contributed by atoms with Crippen molar-refractivity contribution in [3.8, 4) is 17.2 Å². The zero-order valence-corrected chi connectivity index (χ0v) is 20.3. The predicted molar refractivity (Wildman–Crippen MR) is 131 cm³/mol. The highest BCUT2D eigenvalue weighted by molar-refractivity contribution is 6.22. The smallest absolute Gasteiger partial charge is 0.251 e. The Hall–Kier alpha value is -3.06. The average Bonchev–Trinajstić information content (AvgIpc) is 3.17. The summed E-state index contributed by atoms with van der Waals surface area (Å²) in [5.74, 6) is 2.61. The summed E-state index contributed by atoms with van der Waals surface area (Å²) in [7, 11) is 3.30. The quantitative estimate of drug-likeness (QED) is 0.519. The first-order valence-electron chi connectivity index (χ1n) is 12.1.